The highest BCUT2D eigenvalue weighted by Crippen LogP contribution is 2.33. The quantitative estimate of drug-likeness (QED) is 0.807. The molecule has 1 fully saturated rings. The van der Waals surface area contributed by atoms with E-state index in [1.807, 2.05) is 27.7 Å². The van der Waals surface area contributed by atoms with Gasteiger partial charge >= 0.3 is 6.09 Å². The summed E-state index contributed by atoms with van der Waals surface area (Å²) in [7, 11) is 0. The molecule has 4 nitrogen and oxygen atoms in total. The number of piperidine rings is 1. The topological polar surface area (TPSA) is 49.8 Å². The molecule has 1 heterocycles. The van der Waals surface area contributed by atoms with Crippen molar-refractivity contribution in [1.82, 2.24) is 4.90 Å². The smallest absolute Gasteiger partial charge is 0.410 e. The minimum Gasteiger partial charge on any atom is -0.444 e. The number of hydrogen-bond donors (Lipinski definition) is 1. The van der Waals surface area contributed by atoms with Crippen LogP contribution in [0.3, 0.4) is 0 Å². The van der Waals surface area contributed by atoms with Gasteiger partial charge in [-0.3, -0.25) is 0 Å². The van der Waals surface area contributed by atoms with E-state index in [2.05, 4.69) is 6.92 Å². The Kier molecular flexibility index (Phi) is 6.79. The molecule has 0 saturated carbocycles. The first-order chi connectivity index (χ1) is 9.65. The van der Waals surface area contributed by atoms with E-state index >= 15 is 0 Å². The van der Waals surface area contributed by atoms with Crippen molar-refractivity contribution < 1.29 is 14.6 Å². The van der Waals surface area contributed by atoms with Crippen LogP contribution in [0.15, 0.2) is 0 Å². The molecule has 1 N–H and O–H groups in total. The molecule has 124 valence electrons. The van der Waals surface area contributed by atoms with Crippen LogP contribution in [0.25, 0.3) is 0 Å². The lowest BCUT2D eigenvalue weighted by atomic mass is 9.77. The van der Waals surface area contributed by atoms with E-state index < -0.39 is 5.60 Å². The van der Waals surface area contributed by atoms with Gasteiger partial charge in [0, 0.05) is 25.1 Å². The maximum absolute atomic E-state index is 12.0. The molecule has 0 aromatic carbocycles. The fourth-order valence-electron chi connectivity index (χ4n) is 2.92. The molecular weight excluding hydrogens is 290 g/mol. The van der Waals surface area contributed by atoms with E-state index in [0.29, 0.717) is 19.0 Å². The van der Waals surface area contributed by atoms with E-state index in [4.69, 9.17) is 16.3 Å². The lowest BCUT2D eigenvalue weighted by Crippen LogP contribution is -2.44. The molecule has 0 aromatic rings. The van der Waals surface area contributed by atoms with Crippen molar-refractivity contribution in [3.05, 3.63) is 0 Å². The molecule has 0 bridgehead atoms. The zero-order valence-corrected chi connectivity index (χ0v) is 14.7. The van der Waals surface area contributed by atoms with Gasteiger partial charge < -0.3 is 14.7 Å². The molecule has 5 heteroatoms. The molecule has 1 amide bonds. The number of carbonyl (C=O) groups is 1. The number of amides is 1. The van der Waals surface area contributed by atoms with Crippen LogP contribution < -0.4 is 0 Å². The Morgan fingerprint density at radius 1 is 1.33 bits per heavy atom. The lowest BCUT2D eigenvalue weighted by molar-refractivity contribution is 0.0112. The highest BCUT2D eigenvalue weighted by Gasteiger charge is 2.33. The standard InChI is InChI=1S/C16H30ClNO3/c1-11(12(2)17)14(10-19)13-6-8-18(9-7-13)15(20)21-16(3,4)5/h11-14,19H,6-10H2,1-5H3. The van der Waals surface area contributed by atoms with Crippen molar-refractivity contribution in [3.8, 4) is 0 Å². The van der Waals surface area contributed by atoms with Crippen LogP contribution in [-0.2, 0) is 4.74 Å². The van der Waals surface area contributed by atoms with Crippen LogP contribution in [0.5, 0.6) is 0 Å². The van der Waals surface area contributed by atoms with Crippen LogP contribution in [0.1, 0.15) is 47.5 Å². The molecule has 0 aliphatic carbocycles. The van der Waals surface area contributed by atoms with Crippen molar-refractivity contribution in [1.29, 1.82) is 0 Å². The number of hydrogen-bond acceptors (Lipinski definition) is 3. The number of alkyl halides is 1. The zero-order valence-electron chi connectivity index (χ0n) is 13.9. The highest BCUT2D eigenvalue weighted by atomic mass is 35.5. The third-order valence-electron chi connectivity index (χ3n) is 4.41. The van der Waals surface area contributed by atoms with Crippen molar-refractivity contribution >= 4 is 17.7 Å². The minimum absolute atomic E-state index is 0.0473. The zero-order chi connectivity index (χ0) is 16.2. The highest BCUT2D eigenvalue weighted by molar-refractivity contribution is 6.20. The van der Waals surface area contributed by atoms with Crippen LogP contribution in [-0.4, -0.2) is 46.8 Å². The Bertz CT molecular complexity index is 333. The van der Waals surface area contributed by atoms with Crippen LogP contribution in [0, 0.1) is 17.8 Å². The summed E-state index contributed by atoms with van der Waals surface area (Å²) in [5, 5.41) is 9.71. The Hall–Kier alpha value is -0.480. The largest absolute Gasteiger partial charge is 0.444 e. The van der Waals surface area contributed by atoms with E-state index in [9.17, 15) is 9.90 Å². The van der Waals surface area contributed by atoms with Gasteiger partial charge in [-0.15, -0.1) is 11.6 Å². The predicted molar refractivity (Wildman–Crippen MR) is 85.6 cm³/mol. The summed E-state index contributed by atoms with van der Waals surface area (Å²) >= 11 is 6.18. The number of aliphatic hydroxyl groups excluding tert-OH is 1. The van der Waals surface area contributed by atoms with Crippen LogP contribution in [0.4, 0.5) is 4.79 Å². The monoisotopic (exact) mass is 319 g/mol. The third-order valence-corrected chi connectivity index (χ3v) is 4.80. The molecule has 1 aliphatic rings. The summed E-state index contributed by atoms with van der Waals surface area (Å²) in [4.78, 5) is 13.8. The summed E-state index contributed by atoms with van der Waals surface area (Å²) in [6.45, 7) is 11.3. The van der Waals surface area contributed by atoms with Crippen LogP contribution >= 0.6 is 11.6 Å². The predicted octanol–water partition coefficient (Wildman–Crippen LogP) is 3.51. The first kappa shape index (κ1) is 18.6. The average Bonchev–Trinajstić information content (AvgIpc) is 2.38. The van der Waals surface area contributed by atoms with Crippen molar-refractivity contribution in [3.63, 3.8) is 0 Å². The molecule has 0 radical (unpaired) electrons. The second-order valence-corrected chi connectivity index (χ2v) is 7.88. The van der Waals surface area contributed by atoms with Gasteiger partial charge in [-0.2, -0.15) is 0 Å². The molecule has 3 unspecified atom stereocenters. The molecular formula is C16H30ClNO3. The normalized spacial score (nSPS) is 21.8. The Morgan fingerprint density at radius 2 is 1.86 bits per heavy atom. The van der Waals surface area contributed by atoms with E-state index in [0.717, 1.165) is 12.8 Å². The van der Waals surface area contributed by atoms with Gasteiger partial charge in [0.1, 0.15) is 5.60 Å². The van der Waals surface area contributed by atoms with E-state index in [1.165, 1.54) is 0 Å². The number of rotatable bonds is 4. The van der Waals surface area contributed by atoms with Gasteiger partial charge in [0.2, 0.25) is 0 Å². The Labute approximate surface area is 133 Å². The van der Waals surface area contributed by atoms with Crippen molar-refractivity contribution in [2.24, 2.45) is 17.8 Å². The number of carbonyl (C=O) groups excluding carboxylic acids is 1. The average molecular weight is 320 g/mol. The lowest BCUT2D eigenvalue weighted by Gasteiger charge is -2.38. The first-order valence-corrected chi connectivity index (χ1v) is 8.32. The number of halogens is 1. The third kappa shape index (κ3) is 5.67. The molecule has 21 heavy (non-hydrogen) atoms. The molecule has 1 aliphatic heterocycles. The Balaban J connectivity index is 2.53. The van der Waals surface area contributed by atoms with Crippen molar-refractivity contribution in [2.45, 2.75) is 58.4 Å². The van der Waals surface area contributed by atoms with E-state index in [1.54, 1.807) is 4.90 Å². The summed E-state index contributed by atoms with van der Waals surface area (Å²) in [5.74, 6) is 0.901. The minimum atomic E-state index is -0.454. The van der Waals surface area contributed by atoms with Gasteiger partial charge in [0.15, 0.2) is 0 Å². The summed E-state index contributed by atoms with van der Waals surface area (Å²) < 4.78 is 5.40. The summed E-state index contributed by atoms with van der Waals surface area (Å²) in [5.41, 5.74) is -0.454. The maximum Gasteiger partial charge on any atom is 0.410 e. The maximum atomic E-state index is 12.0. The summed E-state index contributed by atoms with van der Waals surface area (Å²) in [6.07, 6.45) is 1.57. The van der Waals surface area contributed by atoms with E-state index in [-0.39, 0.29) is 29.9 Å². The molecule has 1 rings (SSSR count). The Morgan fingerprint density at radius 3 is 2.24 bits per heavy atom. The van der Waals surface area contributed by atoms with Gasteiger partial charge in [-0.1, -0.05) is 6.92 Å². The first-order valence-electron chi connectivity index (χ1n) is 7.88. The number of ether oxygens (including phenoxy) is 1. The molecule has 1 saturated heterocycles. The van der Waals surface area contributed by atoms with Gasteiger partial charge in [0.05, 0.1) is 0 Å². The van der Waals surface area contributed by atoms with Gasteiger partial charge in [-0.25, -0.2) is 4.79 Å². The molecule has 3 atom stereocenters. The number of aliphatic hydroxyl groups is 1. The molecule has 0 spiro atoms. The SMILES string of the molecule is CC(Cl)C(C)C(CO)C1CCN(C(=O)OC(C)(C)C)CC1. The number of nitrogens with zero attached hydrogens (tertiary/aromatic N) is 1. The van der Waals surface area contributed by atoms with Gasteiger partial charge in [0.25, 0.3) is 0 Å². The number of likely N-dealkylation sites (tertiary alicyclic amines) is 1. The van der Waals surface area contributed by atoms with Gasteiger partial charge in [-0.05, 0) is 58.3 Å². The second-order valence-electron chi connectivity index (χ2n) is 7.19. The fraction of sp³-hybridized carbons (Fsp3) is 0.938. The molecule has 0 aromatic heterocycles. The summed E-state index contributed by atoms with van der Waals surface area (Å²) in [6, 6.07) is 0. The fourth-order valence-corrected chi connectivity index (χ4v) is 3.11. The van der Waals surface area contributed by atoms with Crippen molar-refractivity contribution in [2.75, 3.05) is 19.7 Å². The van der Waals surface area contributed by atoms with Crippen LogP contribution in [0.2, 0.25) is 0 Å². The second kappa shape index (κ2) is 7.68.